The predicted molar refractivity (Wildman–Crippen MR) is 173 cm³/mol. The van der Waals surface area contributed by atoms with E-state index in [9.17, 15) is 19.5 Å². The molecule has 0 bridgehead atoms. The van der Waals surface area contributed by atoms with Crippen molar-refractivity contribution in [2.24, 2.45) is 23.7 Å². The Kier molecular flexibility index (Phi) is 15.9. The fourth-order valence-corrected chi connectivity index (χ4v) is 6.15. The van der Waals surface area contributed by atoms with E-state index in [1.807, 2.05) is 19.9 Å². The number of aromatic nitrogens is 1. The van der Waals surface area contributed by atoms with E-state index in [2.05, 4.69) is 29.5 Å². The quantitative estimate of drug-likeness (QED) is 0.177. The van der Waals surface area contributed by atoms with Gasteiger partial charge in [0.2, 0.25) is 11.5 Å². The van der Waals surface area contributed by atoms with Crippen LogP contribution in [-0.2, 0) is 19.0 Å². The van der Waals surface area contributed by atoms with E-state index in [1.165, 1.54) is 0 Å². The summed E-state index contributed by atoms with van der Waals surface area (Å²) in [6.07, 6.45) is 4.88. The summed E-state index contributed by atoms with van der Waals surface area (Å²) in [7, 11) is 1.69. The van der Waals surface area contributed by atoms with Crippen molar-refractivity contribution >= 4 is 12.0 Å². The molecule has 0 saturated carbocycles. The van der Waals surface area contributed by atoms with Crippen LogP contribution in [0.3, 0.4) is 0 Å². The standard InChI is InChI=1S/C34H59N3O7/c1-22(2)27(26(11-9-10-16-42-8)24-12-15-35-31(39)19-24)20-29(37-33(41)44-34(5,6)7)30(38)21-28(23(3)4)32(40)36-25-13-17-43-18-14-25/h12,15,19,22-23,25-30,38H,9-11,13-14,16-18,20-21H2,1-8H3,(H,35,39)(H,36,40)(H,37,41). The number of unbranched alkanes of at least 4 members (excludes halogenated alkanes) is 1. The van der Waals surface area contributed by atoms with Crippen molar-refractivity contribution in [3.8, 4) is 0 Å². The third-order valence-corrected chi connectivity index (χ3v) is 8.61. The van der Waals surface area contributed by atoms with Gasteiger partial charge in [0.25, 0.3) is 0 Å². The van der Waals surface area contributed by atoms with Crippen LogP contribution in [0.5, 0.6) is 0 Å². The van der Waals surface area contributed by atoms with Crippen LogP contribution in [0, 0.1) is 23.7 Å². The number of amides is 2. The zero-order chi connectivity index (χ0) is 32.9. The number of ether oxygens (including phenoxy) is 3. The number of aliphatic hydroxyl groups excluding tert-OH is 1. The third kappa shape index (κ3) is 13.3. The summed E-state index contributed by atoms with van der Waals surface area (Å²) in [4.78, 5) is 41.6. The lowest BCUT2D eigenvalue weighted by Crippen LogP contribution is -2.50. The molecule has 1 aromatic heterocycles. The number of H-pyrrole nitrogens is 1. The van der Waals surface area contributed by atoms with Crippen molar-refractivity contribution in [2.45, 2.75) is 123 Å². The SMILES string of the molecule is COCCCCC(c1cc[nH]c(=O)c1)C(CC(NC(=O)OC(C)(C)C)C(O)CC(C(=O)NC1CCOCC1)C(C)C)C(C)C. The average Bonchev–Trinajstić information content (AvgIpc) is 2.93. The van der Waals surface area contributed by atoms with E-state index in [1.54, 1.807) is 40.1 Å². The first kappa shape index (κ1) is 37.8. The molecule has 0 spiro atoms. The number of hydrogen-bond donors (Lipinski definition) is 4. The minimum absolute atomic E-state index is 0.0157. The minimum Gasteiger partial charge on any atom is -0.444 e. The largest absolute Gasteiger partial charge is 0.444 e. The lowest BCUT2D eigenvalue weighted by molar-refractivity contribution is -0.129. The molecule has 2 heterocycles. The smallest absolute Gasteiger partial charge is 0.407 e. The molecule has 2 amide bonds. The summed E-state index contributed by atoms with van der Waals surface area (Å²) >= 11 is 0. The van der Waals surface area contributed by atoms with Crippen LogP contribution >= 0.6 is 0 Å². The first-order valence-electron chi connectivity index (χ1n) is 16.4. The first-order chi connectivity index (χ1) is 20.7. The van der Waals surface area contributed by atoms with Gasteiger partial charge in [0.1, 0.15) is 5.60 Å². The molecule has 0 radical (unpaired) electrons. The van der Waals surface area contributed by atoms with E-state index in [-0.39, 0.29) is 47.6 Å². The molecule has 1 aliphatic rings. The highest BCUT2D eigenvalue weighted by molar-refractivity contribution is 5.79. The van der Waals surface area contributed by atoms with Crippen LogP contribution in [0.25, 0.3) is 0 Å². The van der Waals surface area contributed by atoms with Gasteiger partial charge >= 0.3 is 6.09 Å². The van der Waals surface area contributed by atoms with Gasteiger partial charge in [-0.15, -0.1) is 0 Å². The van der Waals surface area contributed by atoms with E-state index in [0.29, 0.717) is 26.2 Å². The molecular formula is C34H59N3O7. The molecule has 252 valence electrons. The van der Waals surface area contributed by atoms with Crippen molar-refractivity contribution < 1.29 is 28.9 Å². The Morgan fingerprint density at radius 2 is 1.77 bits per heavy atom. The molecule has 10 nitrogen and oxygen atoms in total. The van der Waals surface area contributed by atoms with Crippen LogP contribution in [0.2, 0.25) is 0 Å². The van der Waals surface area contributed by atoms with E-state index < -0.39 is 29.8 Å². The highest BCUT2D eigenvalue weighted by Gasteiger charge is 2.36. The molecule has 1 saturated heterocycles. The minimum atomic E-state index is -0.995. The van der Waals surface area contributed by atoms with E-state index in [4.69, 9.17) is 14.2 Å². The number of carbonyl (C=O) groups is 2. The fourth-order valence-electron chi connectivity index (χ4n) is 6.15. The van der Waals surface area contributed by atoms with Gasteiger partial charge in [-0.1, -0.05) is 34.1 Å². The van der Waals surface area contributed by atoms with Gasteiger partial charge in [0, 0.05) is 51.2 Å². The summed E-state index contributed by atoms with van der Waals surface area (Å²) < 4.78 is 16.3. The van der Waals surface area contributed by atoms with Gasteiger partial charge in [-0.05, 0) is 94.6 Å². The monoisotopic (exact) mass is 621 g/mol. The lowest BCUT2D eigenvalue weighted by atomic mass is 9.72. The maximum atomic E-state index is 13.4. The molecule has 2 rings (SSSR count). The predicted octanol–water partition coefficient (Wildman–Crippen LogP) is 5.15. The van der Waals surface area contributed by atoms with E-state index >= 15 is 0 Å². The molecule has 4 N–H and O–H groups in total. The normalized spacial score (nSPS) is 18.0. The van der Waals surface area contributed by atoms with Crippen LogP contribution < -0.4 is 16.2 Å². The number of methoxy groups -OCH3 is 1. The van der Waals surface area contributed by atoms with Gasteiger partial charge in [-0.2, -0.15) is 0 Å². The van der Waals surface area contributed by atoms with Gasteiger partial charge in [-0.3, -0.25) is 9.59 Å². The number of hydrogen-bond acceptors (Lipinski definition) is 7. The van der Waals surface area contributed by atoms with Crippen molar-refractivity contribution in [1.29, 1.82) is 0 Å². The second-order valence-electron chi connectivity index (χ2n) is 14.0. The molecule has 10 heteroatoms. The Balaban J connectivity index is 2.37. The number of carbonyl (C=O) groups excluding carboxylic acids is 2. The summed E-state index contributed by atoms with van der Waals surface area (Å²) in [5.74, 6) is -0.330. The Hall–Kier alpha value is -2.43. The van der Waals surface area contributed by atoms with E-state index in [0.717, 1.165) is 37.7 Å². The van der Waals surface area contributed by atoms with Crippen molar-refractivity contribution in [3.63, 3.8) is 0 Å². The Morgan fingerprint density at radius 3 is 2.34 bits per heavy atom. The molecule has 1 aromatic rings. The second-order valence-corrected chi connectivity index (χ2v) is 14.0. The van der Waals surface area contributed by atoms with Crippen molar-refractivity contribution in [3.05, 3.63) is 34.2 Å². The zero-order valence-corrected chi connectivity index (χ0v) is 28.3. The van der Waals surface area contributed by atoms with Crippen molar-refractivity contribution in [1.82, 2.24) is 15.6 Å². The molecular weight excluding hydrogens is 562 g/mol. The molecule has 5 unspecified atom stereocenters. The number of nitrogens with one attached hydrogen (secondary N) is 3. The summed E-state index contributed by atoms with van der Waals surface area (Å²) in [6.45, 7) is 15.5. The number of alkyl carbamates (subject to hydrolysis) is 1. The first-order valence-corrected chi connectivity index (χ1v) is 16.4. The Labute approximate surface area is 264 Å². The zero-order valence-electron chi connectivity index (χ0n) is 28.3. The number of aromatic amines is 1. The third-order valence-electron chi connectivity index (χ3n) is 8.61. The van der Waals surface area contributed by atoms with Gasteiger partial charge in [-0.25, -0.2) is 4.79 Å². The average molecular weight is 622 g/mol. The van der Waals surface area contributed by atoms with Gasteiger partial charge in [0.05, 0.1) is 12.1 Å². The van der Waals surface area contributed by atoms with Crippen LogP contribution in [0.1, 0.15) is 105 Å². The molecule has 44 heavy (non-hydrogen) atoms. The Morgan fingerprint density at radius 1 is 1.09 bits per heavy atom. The van der Waals surface area contributed by atoms with Gasteiger partial charge < -0.3 is 34.9 Å². The topological polar surface area (TPSA) is 139 Å². The maximum Gasteiger partial charge on any atom is 0.407 e. The highest BCUT2D eigenvalue weighted by atomic mass is 16.6. The Bertz CT molecular complexity index is 1050. The van der Waals surface area contributed by atoms with Crippen LogP contribution in [0.4, 0.5) is 4.79 Å². The summed E-state index contributed by atoms with van der Waals surface area (Å²) in [5, 5.41) is 17.9. The second kappa shape index (κ2) is 18.5. The number of rotatable bonds is 17. The van der Waals surface area contributed by atoms with Crippen LogP contribution in [-0.4, -0.2) is 72.8 Å². The molecule has 0 aromatic carbocycles. The summed E-state index contributed by atoms with van der Waals surface area (Å²) in [5.41, 5.74) is 0.0627. The van der Waals surface area contributed by atoms with Gasteiger partial charge in [0.15, 0.2) is 0 Å². The number of pyridine rings is 1. The molecule has 1 fully saturated rings. The summed E-state index contributed by atoms with van der Waals surface area (Å²) in [6, 6.07) is 2.99. The maximum absolute atomic E-state index is 13.4. The number of aliphatic hydroxyl groups is 1. The molecule has 5 atom stereocenters. The molecule has 0 aliphatic carbocycles. The molecule has 1 aliphatic heterocycles. The fraction of sp³-hybridized carbons (Fsp3) is 0.794. The van der Waals surface area contributed by atoms with Crippen LogP contribution in [0.15, 0.2) is 23.1 Å². The lowest BCUT2D eigenvalue weighted by Gasteiger charge is -2.37. The highest BCUT2D eigenvalue weighted by Crippen LogP contribution is 2.38. The van der Waals surface area contributed by atoms with Crippen molar-refractivity contribution in [2.75, 3.05) is 26.9 Å².